The van der Waals surface area contributed by atoms with Gasteiger partial charge < -0.3 is 9.32 Å². The maximum absolute atomic E-state index is 13.2. The molecule has 30 heavy (non-hydrogen) atoms. The summed E-state index contributed by atoms with van der Waals surface area (Å²) in [5.41, 5.74) is 2.10. The summed E-state index contributed by atoms with van der Waals surface area (Å²) >= 11 is 1.40. The Morgan fingerprint density at radius 3 is 2.63 bits per heavy atom. The Bertz CT molecular complexity index is 1030. The fourth-order valence-electron chi connectivity index (χ4n) is 3.79. The second-order valence-electron chi connectivity index (χ2n) is 7.35. The van der Waals surface area contributed by atoms with Crippen molar-refractivity contribution in [2.24, 2.45) is 0 Å². The molecule has 0 spiro atoms. The average Bonchev–Trinajstić information content (AvgIpc) is 3.46. The maximum Gasteiger partial charge on any atom is 0.290 e. The monoisotopic (exact) mass is 424 g/mol. The number of nitrogens with zero attached hydrogens (tertiary/aromatic N) is 3. The first-order valence-corrected chi connectivity index (χ1v) is 11.0. The fourth-order valence-corrected chi connectivity index (χ4v) is 4.80. The van der Waals surface area contributed by atoms with Gasteiger partial charge in [-0.25, -0.2) is 0 Å². The van der Waals surface area contributed by atoms with Gasteiger partial charge in [0.2, 0.25) is 11.0 Å². The topological polar surface area (TPSA) is 88.3 Å². The molecular formula is C22H24N4O3S. The number of carbonyl (C=O) groups excluding carboxylic acids is 2. The van der Waals surface area contributed by atoms with Gasteiger partial charge in [-0.3, -0.25) is 14.9 Å². The lowest BCUT2D eigenvalue weighted by Gasteiger charge is -2.35. The molecule has 0 bridgehead atoms. The fraction of sp³-hybridized carbons (Fsp3) is 0.364. The lowest BCUT2D eigenvalue weighted by molar-refractivity contribution is -0.121. The number of benzene rings is 1. The molecule has 3 aromatic rings. The summed E-state index contributed by atoms with van der Waals surface area (Å²) in [4.78, 5) is 27.8. The highest BCUT2D eigenvalue weighted by Crippen LogP contribution is 2.30. The lowest BCUT2D eigenvalue weighted by atomic mass is 9.93. The molecule has 156 valence electrons. The van der Waals surface area contributed by atoms with Crippen LogP contribution < -0.4 is 5.32 Å². The molecule has 1 aliphatic rings. The van der Waals surface area contributed by atoms with Crippen molar-refractivity contribution in [1.29, 1.82) is 0 Å². The highest BCUT2D eigenvalue weighted by atomic mass is 32.1. The SMILES string of the molecule is CCC(CC)c1nnc(NC(=O)C2Cc3ccccc3CN2C(=O)c2ccco2)s1. The third-order valence-electron chi connectivity index (χ3n) is 5.55. The Balaban J connectivity index is 1.58. The third kappa shape index (κ3) is 4.00. The van der Waals surface area contributed by atoms with Crippen LogP contribution in [0, 0.1) is 0 Å². The van der Waals surface area contributed by atoms with E-state index in [1.54, 1.807) is 17.0 Å². The van der Waals surface area contributed by atoms with Gasteiger partial charge in [-0.05, 0) is 36.1 Å². The molecule has 4 rings (SSSR count). The van der Waals surface area contributed by atoms with Crippen LogP contribution in [-0.2, 0) is 17.8 Å². The highest BCUT2D eigenvalue weighted by Gasteiger charge is 2.36. The number of anilines is 1. The van der Waals surface area contributed by atoms with E-state index in [9.17, 15) is 9.59 Å². The molecule has 1 aromatic carbocycles. The minimum absolute atomic E-state index is 0.221. The molecule has 2 amide bonds. The minimum Gasteiger partial charge on any atom is -0.459 e. The van der Waals surface area contributed by atoms with Gasteiger partial charge in [0, 0.05) is 18.9 Å². The average molecular weight is 425 g/mol. The summed E-state index contributed by atoms with van der Waals surface area (Å²) < 4.78 is 5.29. The molecule has 1 N–H and O–H groups in total. The normalized spacial score (nSPS) is 15.8. The summed E-state index contributed by atoms with van der Waals surface area (Å²) in [5, 5.41) is 12.7. The standard InChI is InChI=1S/C22H24N4O3S/c1-3-14(4-2)20-24-25-22(30-20)23-19(27)17-12-15-8-5-6-9-16(15)13-26(17)21(28)18-10-7-11-29-18/h5-11,14,17H,3-4,12-13H2,1-2H3,(H,23,25,27). The number of aromatic nitrogens is 2. The highest BCUT2D eigenvalue weighted by molar-refractivity contribution is 7.15. The zero-order valence-electron chi connectivity index (χ0n) is 17.0. The Morgan fingerprint density at radius 1 is 1.17 bits per heavy atom. The Kier molecular flexibility index (Phi) is 5.94. The third-order valence-corrected chi connectivity index (χ3v) is 6.55. The van der Waals surface area contributed by atoms with Gasteiger partial charge in [0.15, 0.2) is 5.76 Å². The Morgan fingerprint density at radius 2 is 1.93 bits per heavy atom. The zero-order chi connectivity index (χ0) is 21.1. The van der Waals surface area contributed by atoms with E-state index in [2.05, 4.69) is 29.4 Å². The smallest absolute Gasteiger partial charge is 0.290 e. The molecule has 0 radical (unpaired) electrons. The van der Waals surface area contributed by atoms with Gasteiger partial charge in [0.25, 0.3) is 5.91 Å². The predicted molar refractivity (Wildman–Crippen MR) is 114 cm³/mol. The second kappa shape index (κ2) is 8.79. The molecule has 0 saturated heterocycles. The van der Waals surface area contributed by atoms with Crippen LogP contribution in [0.5, 0.6) is 0 Å². The van der Waals surface area contributed by atoms with Gasteiger partial charge in [-0.15, -0.1) is 10.2 Å². The van der Waals surface area contributed by atoms with Crippen molar-refractivity contribution in [3.8, 4) is 0 Å². The Labute approximate surface area is 179 Å². The van der Waals surface area contributed by atoms with E-state index in [4.69, 9.17) is 4.42 Å². The summed E-state index contributed by atoms with van der Waals surface area (Å²) in [6.07, 6.45) is 3.85. The van der Waals surface area contributed by atoms with Crippen LogP contribution >= 0.6 is 11.3 Å². The number of carbonyl (C=O) groups is 2. The molecule has 0 saturated carbocycles. The molecular weight excluding hydrogens is 400 g/mol. The zero-order valence-corrected chi connectivity index (χ0v) is 17.8. The summed E-state index contributed by atoms with van der Waals surface area (Å²) in [6.45, 7) is 4.58. The van der Waals surface area contributed by atoms with Crippen molar-refractivity contribution in [1.82, 2.24) is 15.1 Å². The molecule has 2 aromatic heterocycles. The van der Waals surface area contributed by atoms with Crippen molar-refractivity contribution in [2.75, 3.05) is 5.32 Å². The Hall–Kier alpha value is -3.00. The summed E-state index contributed by atoms with van der Waals surface area (Å²) in [5.74, 6) is -0.00727. The van der Waals surface area contributed by atoms with E-state index in [-0.39, 0.29) is 17.6 Å². The van der Waals surface area contributed by atoms with E-state index in [1.807, 2.05) is 24.3 Å². The number of rotatable bonds is 6. The largest absolute Gasteiger partial charge is 0.459 e. The number of hydrogen-bond acceptors (Lipinski definition) is 6. The van der Waals surface area contributed by atoms with Gasteiger partial charge in [0.05, 0.1) is 6.26 Å². The lowest BCUT2D eigenvalue weighted by Crippen LogP contribution is -2.50. The van der Waals surface area contributed by atoms with Crippen molar-refractivity contribution in [2.45, 2.75) is 51.6 Å². The molecule has 0 fully saturated rings. The molecule has 8 heteroatoms. The van der Waals surface area contributed by atoms with Gasteiger partial charge in [-0.1, -0.05) is 49.4 Å². The van der Waals surface area contributed by atoms with Crippen LogP contribution in [0.3, 0.4) is 0 Å². The molecule has 1 atom stereocenters. The second-order valence-corrected chi connectivity index (χ2v) is 8.36. The van der Waals surface area contributed by atoms with Crippen LogP contribution in [0.15, 0.2) is 47.1 Å². The van der Waals surface area contributed by atoms with Gasteiger partial charge >= 0.3 is 0 Å². The molecule has 1 aliphatic heterocycles. The first kappa shape index (κ1) is 20.3. The van der Waals surface area contributed by atoms with Crippen LogP contribution in [0.1, 0.15) is 59.3 Å². The van der Waals surface area contributed by atoms with E-state index < -0.39 is 6.04 Å². The van der Waals surface area contributed by atoms with Crippen molar-refractivity contribution >= 4 is 28.3 Å². The predicted octanol–water partition coefficient (Wildman–Crippen LogP) is 4.24. The number of fused-ring (bicyclic) bond motifs is 1. The van der Waals surface area contributed by atoms with E-state index in [1.165, 1.54) is 17.6 Å². The van der Waals surface area contributed by atoms with Crippen LogP contribution in [-0.4, -0.2) is 33.0 Å². The molecule has 3 heterocycles. The molecule has 0 aliphatic carbocycles. The van der Waals surface area contributed by atoms with Crippen molar-refractivity contribution in [3.05, 3.63) is 64.6 Å². The first-order valence-electron chi connectivity index (χ1n) is 10.2. The summed E-state index contributed by atoms with van der Waals surface area (Å²) in [7, 11) is 0. The van der Waals surface area contributed by atoms with Crippen molar-refractivity contribution in [3.63, 3.8) is 0 Å². The van der Waals surface area contributed by atoms with Gasteiger partial charge in [0.1, 0.15) is 11.0 Å². The summed E-state index contributed by atoms with van der Waals surface area (Å²) in [6, 6.07) is 10.5. The maximum atomic E-state index is 13.2. The molecule has 1 unspecified atom stereocenters. The van der Waals surface area contributed by atoms with Crippen LogP contribution in [0.25, 0.3) is 0 Å². The number of hydrogen-bond donors (Lipinski definition) is 1. The quantitative estimate of drug-likeness (QED) is 0.639. The minimum atomic E-state index is -0.655. The molecule has 7 nitrogen and oxygen atoms in total. The van der Waals surface area contributed by atoms with E-state index in [0.717, 1.165) is 29.0 Å². The van der Waals surface area contributed by atoms with E-state index in [0.29, 0.717) is 24.0 Å². The van der Waals surface area contributed by atoms with Crippen LogP contribution in [0.2, 0.25) is 0 Å². The van der Waals surface area contributed by atoms with Gasteiger partial charge in [-0.2, -0.15) is 0 Å². The van der Waals surface area contributed by atoms with Crippen molar-refractivity contribution < 1.29 is 14.0 Å². The first-order chi connectivity index (χ1) is 14.6. The number of nitrogens with one attached hydrogen (secondary N) is 1. The van der Waals surface area contributed by atoms with E-state index >= 15 is 0 Å². The number of amides is 2. The number of furan rings is 1. The van der Waals surface area contributed by atoms with Crippen LogP contribution in [0.4, 0.5) is 5.13 Å².